The maximum Gasteiger partial charge on any atom is 0.373 e. The molecule has 0 fully saturated rings. The van der Waals surface area contributed by atoms with Gasteiger partial charge in [0.25, 0.3) is 0 Å². The van der Waals surface area contributed by atoms with Crippen molar-refractivity contribution < 1.29 is 23.4 Å². The number of hydrogen-bond donors (Lipinski definition) is 0. The summed E-state index contributed by atoms with van der Waals surface area (Å²) < 4.78 is 22.3. The lowest BCUT2D eigenvalue weighted by Crippen LogP contribution is -2.36. The van der Waals surface area contributed by atoms with Gasteiger partial charge in [0.2, 0.25) is 11.5 Å². The number of rotatable bonds is 2. The zero-order valence-electron chi connectivity index (χ0n) is 12.7. The topological polar surface area (TPSA) is 57.9 Å². The fourth-order valence-electron chi connectivity index (χ4n) is 3.22. The van der Waals surface area contributed by atoms with Crippen LogP contribution in [0.2, 0.25) is 0 Å². The van der Waals surface area contributed by atoms with Crippen LogP contribution >= 0.6 is 0 Å². The number of methoxy groups -OCH3 is 1. The van der Waals surface area contributed by atoms with Crippen molar-refractivity contribution in [1.29, 1.82) is 0 Å². The van der Waals surface area contributed by atoms with E-state index >= 15 is 0 Å². The van der Waals surface area contributed by atoms with Crippen LogP contribution in [0.25, 0.3) is 0 Å². The first kappa shape index (κ1) is 14.1. The number of carbonyl (C=O) groups excluding carboxylic acids is 1. The van der Waals surface area contributed by atoms with Gasteiger partial charge in [0.1, 0.15) is 5.76 Å². The number of esters is 1. The molecule has 1 aromatic heterocycles. The van der Waals surface area contributed by atoms with Crippen LogP contribution < -0.4 is 0 Å². The zero-order valence-corrected chi connectivity index (χ0v) is 12.7. The van der Waals surface area contributed by atoms with Crippen LogP contribution in [0.3, 0.4) is 0 Å². The normalized spacial score (nSPS) is 25.6. The Kier molecular flexibility index (Phi) is 3.23. The molecule has 4 rings (SSSR count). The molecule has 0 saturated carbocycles. The molecule has 0 radical (unpaired) electrons. The Morgan fingerprint density at radius 2 is 2.13 bits per heavy atom. The zero-order chi connectivity index (χ0) is 15.9. The van der Waals surface area contributed by atoms with Crippen molar-refractivity contribution >= 4 is 5.97 Å². The van der Waals surface area contributed by atoms with Gasteiger partial charge < -0.3 is 18.6 Å². The third kappa shape index (κ3) is 2.24. The maximum absolute atomic E-state index is 12.0. The maximum atomic E-state index is 12.0. The van der Waals surface area contributed by atoms with Crippen molar-refractivity contribution in [3.63, 3.8) is 0 Å². The first-order valence-electron chi connectivity index (χ1n) is 7.47. The summed E-state index contributed by atoms with van der Waals surface area (Å²) in [5, 5.41) is 0. The molecule has 5 nitrogen and oxygen atoms in total. The van der Waals surface area contributed by atoms with Gasteiger partial charge in [0.05, 0.1) is 20.0 Å². The van der Waals surface area contributed by atoms with Crippen LogP contribution in [0.15, 0.2) is 58.9 Å². The van der Waals surface area contributed by atoms with Crippen LogP contribution in [0.1, 0.15) is 29.2 Å². The third-order valence-corrected chi connectivity index (χ3v) is 4.30. The Balaban J connectivity index is 1.79. The lowest BCUT2D eigenvalue weighted by molar-refractivity contribution is -0.232. The molecule has 0 saturated heterocycles. The second kappa shape index (κ2) is 5.28. The van der Waals surface area contributed by atoms with Crippen LogP contribution in [0.4, 0.5) is 0 Å². The van der Waals surface area contributed by atoms with E-state index in [0.29, 0.717) is 13.0 Å². The molecule has 0 bridgehead atoms. The highest BCUT2D eigenvalue weighted by Crippen LogP contribution is 2.48. The first-order chi connectivity index (χ1) is 11.2. The van der Waals surface area contributed by atoms with Crippen LogP contribution in [-0.4, -0.2) is 13.1 Å². The second-order valence-corrected chi connectivity index (χ2v) is 5.65. The third-order valence-electron chi connectivity index (χ3n) is 4.30. The Bertz CT molecular complexity index is 761. The molecular formula is C18H16O5. The molecule has 2 aliphatic heterocycles. The molecule has 0 N–H and O–H groups in total. The molecule has 0 unspecified atom stereocenters. The molecule has 2 atom stereocenters. The van der Waals surface area contributed by atoms with Crippen LogP contribution in [0, 0.1) is 0 Å². The largest absolute Gasteiger partial charge is 0.469 e. The average molecular weight is 312 g/mol. The van der Waals surface area contributed by atoms with Gasteiger partial charge >= 0.3 is 5.97 Å². The Morgan fingerprint density at radius 3 is 2.91 bits per heavy atom. The quantitative estimate of drug-likeness (QED) is 0.797. The smallest absolute Gasteiger partial charge is 0.373 e. The van der Waals surface area contributed by atoms with Gasteiger partial charge in [0, 0.05) is 17.9 Å². The summed E-state index contributed by atoms with van der Waals surface area (Å²) in [5.41, 5.74) is 2.02. The summed E-state index contributed by atoms with van der Waals surface area (Å²) in [4.78, 5) is 12.0. The van der Waals surface area contributed by atoms with E-state index in [1.807, 2.05) is 36.4 Å². The standard InChI is InChI=1S/C18H16O5/c1-20-17(19)16-9-13(15-7-4-8-21-15)10-18(23-16)14-6-3-2-5-12(14)11-22-18/h2-9,13H,10-11H2,1H3/t13-,18+/m0/s1. The van der Waals surface area contributed by atoms with Crippen molar-refractivity contribution in [1.82, 2.24) is 0 Å². The van der Waals surface area contributed by atoms with Gasteiger partial charge in [-0.05, 0) is 23.8 Å². The number of ether oxygens (including phenoxy) is 3. The Morgan fingerprint density at radius 1 is 1.26 bits per heavy atom. The van der Waals surface area contributed by atoms with Crippen molar-refractivity contribution in [3.8, 4) is 0 Å². The summed E-state index contributed by atoms with van der Waals surface area (Å²) in [6.07, 6.45) is 3.89. The highest BCUT2D eigenvalue weighted by molar-refractivity contribution is 5.86. The van der Waals surface area contributed by atoms with Crippen molar-refractivity contribution in [2.75, 3.05) is 7.11 Å². The summed E-state index contributed by atoms with van der Waals surface area (Å²) in [6, 6.07) is 11.6. The number of allylic oxidation sites excluding steroid dienone is 1. The van der Waals surface area contributed by atoms with E-state index in [1.54, 1.807) is 12.3 Å². The molecule has 1 spiro atoms. The minimum atomic E-state index is -0.980. The molecule has 0 aliphatic carbocycles. The molecule has 0 amide bonds. The van der Waals surface area contributed by atoms with E-state index in [2.05, 4.69) is 0 Å². The van der Waals surface area contributed by atoms with E-state index in [4.69, 9.17) is 18.6 Å². The minimum absolute atomic E-state index is 0.126. The lowest BCUT2D eigenvalue weighted by atomic mass is 9.88. The number of benzene rings is 1. The molecule has 3 heterocycles. The first-order valence-corrected chi connectivity index (χ1v) is 7.47. The van der Waals surface area contributed by atoms with E-state index in [9.17, 15) is 4.79 Å². The molecular weight excluding hydrogens is 296 g/mol. The van der Waals surface area contributed by atoms with E-state index in [-0.39, 0.29) is 11.7 Å². The number of fused-ring (bicyclic) bond motifs is 2. The lowest BCUT2D eigenvalue weighted by Gasteiger charge is -2.36. The monoisotopic (exact) mass is 312 g/mol. The fraction of sp³-hybridized carbons (Fsp3) is 0.278. The summed E-state index contributed by atoms with van der Waals surface area (Å²) >= 11 is 0. The van der Waals surface area contributed by atoms with Crippen molar-refractivity contribution in [3.05, 3.63) is 71.4 Å². The van der Waals surface area contributed by atoms with Gasteiger partial charge in [-0.1, -0.05) is 24.3 Å². The minimum Gasteiger partial charge on any atom is -0.469 e. The average Bonchev–Trinajstić information content (AvgIpc) is 3.24. The van der Waals surface area contributed by atoms with Gasteiger partial charge in [-0.3, -0.25) is 0 Å². The second-order valence-electron chi connectivity index (χ2n) is 5.65. The predicted octanol–water partition coefficient (Wildman–Crippen LogP) is 3.22. The highest BCUT2D eigenvalue weighted by Gasteiger charge is 2.48. The predicted molar refractivity (Wildman–Crippen MR) is 80.2 cm³/mol. The fourth-order valence-corrected chi connectivity index (χ4v) is 3.22. The van der Waals surface area contributed by atoms with Gasteiger partial charge in [-0.15, -0.1) is 0 Å². The Labute approximate surface area is 133 Å². The Hall–Kier alpha value is -2.53. The summed E-state index contributed by atoms with van der Waals surface area (Å²) in [5.74, 6) is -0.710. The molecule has 2 aromatic rings. The summed E-state index contributed by atoms with van der Waals surface area (Å²) in [6.45, 7) is 0.454. The van der Waals surface area contributed by atoms with Crippen LogP contribution in [-0.2, 0) is 31.4 Å². The van der Waals surface area contributed by atoms with Crippen LogP contribution in [0.5, 0.6) is 0 Å². The SMILES string of the molecule is COC(=O)C1=C[C@H](c2ccco2)C[C@@]2(OCc3ccccc32)O1. The van der Waals surface area contributed by atoms with Gasteiger partial charge in [-0.2, -0.15) is 0 Å². The van der Waals surface area contributed by atoms with E-state index in [1.165, 1.54) is 7.11 Å². The van der Waals surface area contributed by atoms with Crippen molar-refractivity contribution in [2.45, 2.75) is 24.7 Å². The molecule has 118 valence electrons. The highest BCUT2D eigenvalue weighted by atomic mass is 16.7. The number of carbonyl (C=O) groups is 1. The van der Waals surface area contributed by atoms with Gasteiger partial charge in [0.15, 0.2) is 0 Å². The number of furan rings is 1. The van der Waals surface area contributed by atoms with Crippen molar-refractivity contribution in [2.24, 2.45) is 0 Å². The molecule has 23 heavy (non-hydrogen) atoms. The molecule has 5 heteroatoms. The summed E-state index contributed by atoms with van der Waals surface area (Å²) in [7, 11) is 1.33. The van der Waals surface area contributed by atoms with E-state index < -0.39 is 11.8 Å². The molecule has 2 aliphatic rings. The number of hydrogen-bond acceptors (Lipinski definition) is 5. The van der Waals surface area contributed by atoms with E-state index in [0.717, 1.165) is 16.9 Å². The van der Waals surface area contributed by atoms with Gasteiger partial charge in [-0.25, -0.2) is 4.79 Å². The molecule has 1 aromatic carbocycles.